The van der Waals surface area contributed by atoms with Gasteiger partial charge in [0, 0.05) is 27.2 Å². The van der Waals surface area contributed by atoms with Crippen molar-refractivity contribution in [3.8, 4) is 0 Å². The van der Waals surface area contributed by atoms with Crippen molar-refractivity contribution in [2.24, 2.45) is 4.99 Å². The SMILES string of the molecule is CN=C(NCCc1cc(C)cc(C)c1)NCc1ccc(COC)cc1. The molecule has 0 saturated heterocycles. The largest absolute Gasteiger partial charge is 0.380 e. The van der Waals surface area contributed by atoms with E-state index in [1.54, 1.807) is 14.2 Å². The lowest BCUT2D eigenvalue weighted by atomic mass is 10.1. The topological polar surface area (TPSA) is 45.7 Å². The average Bonchev–Trinajstić information content (AvgIpc) is 2.58. The maximum absolute atomic E-state index is 5.13. The van der Waals surface area contributed by atoms with Crippen molar-refractivity contribution in [3.05, 3.63) is 70.3 Å². The minimum atomic E-state index is 0.648. The van der Waals surface area contributed by atoms with Gasteiger partial charge in [-0.25, -0.2) is 0 Å². The van der Waals surface area contributed by atoms with Gasteiger partial charge in [0.2, 0.25) is 0 Å². The number of guanidine groups is 1. The quantitative estimate of drug-likeness (QED) is 0.601. The molecule has 0 fully saturated rings. The fourth-order valence-corrected chi connectivity index (χ4v) is 2.86. The van der Waals surface area contributed by atoms with Gasteiger partial charge in [-0.15, -0.1) is 0 Å². The number of aliphatic imine (C=N–C) groups is 1. The summed E-state index contributed by atoms with van der Waals surface area (Å²) in [5.74, 6) is 0.824. The molecule has 2 aromatic rings. The molecule has 0 aliphatic heterocycles. The van der Waals surface area contributed by atoms with E-state index in [0.717, 1.165) is 25.5 Å². The summed E-state index contributed by atoms with van der Waals surface area (Å²) in [6.07, 6.45) is 0.981. The van der Waals surface area contributed by atoms with Crippen LogP contribution in [0.5, 0.6) is 0 Å². The van der Waals surface area contributed by atoms with Crippen LogP contribution in [0.25, 0.3) is 0 Å². The molecule has 25 heavy (non-hydrogen) atoms. The second kappa shape index (κ2) is 9.84. The molecular weight excluding hydrogens is 310 g/mol. The highest BCUT2D eigenvalue weighted by atomic mass is 16.5. The summed E-state index contributed by atoms with van der Waals surface area (Å²) in [6.45, 7) is 6.53. The molecule has 4 nitrogen and oxygen atoms in total. The number of benzene rings is 2. The number of nitrogens with one attached hydrogen (secondary N) is 2. The standard InChI is InChI=1S/C21H29N3O/c1-16-11-17(2)13-20(12-16)9-10-23-21(22-3)24-14-18-5-7-19(8-6-18)15-25-4/h5-8,11-13H,9-10,14-15H2,1-4H3,(H2,22,23,24). The van der Waals surface area contributed by atoms with Crippen LogP contribution in [-0.4, -0.2) is 26.7 Å². The number of rotatable bonds is 7. The molecule has 0 aliphatic carbocycles. The van der Waals surface area contributed by atoms with Crippen molar-refractivity contribution in [3.63, 3.8) is 0 Å². The maximum atomic E-state index is 5.13. The van der Waals surface area contributed by atoms with Gasteiger partial charge in [0.1, 0.15) is 0 Å². The lowest BCUT2D eigenvalue weighted by molar-refractivity contribution is 0.185. The van der Waals surface area contributed by atoms with E-state index in [1.165, 1.54) is 27.8 Å². The number of methoxy groups -OCH3 is 1. The van der Waals surface area contributed by atoms with Gasteiger partial charge < -0.3 is 15.4 Å². The van der Waals surface area contributed by atoms with Crippen LogP contribution in [0.2, 0.25) is 0 Å². The fraction of sp³-hybridized carbons (Fsp3) is 0.381. The van der Waals surface area contributed by atoms with Crippen LogP contribution >= 0.6 is 0 Å². The number of ether oxygens (including phenoxy) is 1. The molecule has 0 aliphatic rings. The van der Waals surface area contributed by atoms with Crippen molar-refractivity contribution in [2.45, 2.75) is 33.4 Å². The second-order valence-electron chi connectivity index (χ2n) is 6.35. The monoisotopic (exact) mass is 339 g/mol. The van der Waals surface area contributed by atoms with Crippen LogP contribution in [0.3, 0.4) is 0 Å². The molecule has 2 rings (SSSR count). The summed E-state index contributed by atoms with van der Waals surface area (Å²) < 4.78 is 5.13. The van der Waals surface area contributed by atoms with Gasteiger partial charge in [-0.1, -0.05) is 53.6 Å². The van der Waals surface area contributed by atoms with Crippen LogP contribution in [0, 0.1) is 13.8 Å². The number of hydrogen-bond donors (Lipinski definition) is 2. The molecule has 0 atom stereocenters. The predicted molar refractivity (Wildman–Crippen MR) is 105 cm³/mol. The van der Waals surface area contributed by atoms with E-state index in [4.69, 9.17) is 4.74 Å². The average molecular weight is 339 g/mol. The third-order valence-corrected chi connectivity index (χ3v) is 4.01. The molecule has 0 amide bonds. The van der Waals surface area contributed by atoms with Crippen molar-refractivity contribution < 1.29 is 4.74 Å². The Morgan fingerprint density at radius 1 is 0.920 bits per heavy atom. The van der Waals surface area contributed by atoms with E-state index in [2.05, 4.69) is 71.9 Å². The van der Waals surface area contributed by atoms with Gasteiger partial charge in [0.25, 0.3) is 0 Å². The van der Waals surface area contributed by atoms with E-state index in [-0.39, 0.29) is 0 Å². The summed E-state index contributed by atoms with van der Waals surface area (Å²) in [5, 5.41) is 6.73. The Morgan fingerprint density at radius 2 is 1.56 bits per heavy atom. The van der Waals surface area contributed by atoms with Crippen LogP contribution in [0.4, 0.5) is 0 Å². The fourth-order valence-electron chi connectivity index (χ4n) is 2.86. The Morgan fingerprint density at radius 3 is 2.16 bits per heavy atom. The van der Waals surface area contributed by atoms with Crippen LogP contribution in [0.1, 0.15) is 27.8 Å². The third kappa shape index (κ3) is 6.59. The Hall–Kier alpha value is -2.33. The van der Waals surface area contributed by atoms with E-state index in [1.807, 2.05) is 0 Å². The Bertz CT molecular complexity index is 673. The molecule has 0 spiro atoms. The van der Waals surface area contributed by atoms with Gasteiger partial charge in [-0.3, -0.25) is 4.99 Å². The van der Waals surface area contributed by atoms with Gasteiger partial charge >= 0.3 is 0 Å². The highest BCUT2D eigenvalue weighted by Gasteiger charge is 2.01. The zero-order valence-corrected chi connectivity index (χ0v) is 15.7. The van der Waals surface area contributed by atoms with Gasteiger partial charge in [-0.2, -0.15) is 0 Å². The highest BCUT2D eigenvalue weighted by molar-refractivity contribution is 5.79. The van der Waals surface area contributed by atoms with Crippen molar-refractivity contribution >= 4 is 5.96 Å². The lowest BCUT2D eigenvalue weighted by Crippen LogP contribution is -2.37. The Balaban J connectivity index is 1.78. The number of nitrogens with zero attached hydrogens (tertiary/aromatic N) is 1. The molecule has 0 unspecified atom stereocenters. The van der Waals surface area contributed by atoms with E-state index < -0.39 is 0 Å². The summed E-state index contributed by atoms with van der Waals surface area (Å²) in [7, 11) is 3.51. The molecular formula is C21H29N3O. The minimum absolute atomic E-state index is 0.648. The van der Waals surface area contributed by atoms with Gasteiger partial charge in [0.05, 0.1) is 6.61 Å². The highest BCUT2D eigenvalue weighted by Crippen LogP contribution is 2.09. The number of aryl methyl sites for hydroxylation is 2. The zero-order valence-electron chi connectivity index (χ0n) is 15.7. The van der Waals surface area contributed by atoms with Crippen molar-refractivity contribution in [2.75, 3.05) is 20.7 Å². The van der Waals surface area contributed by atoms with Gasteiger partial charge in [-0.05, 0) is 37.0 Å². The lowest BCUT2D eigenvalue weighted by Gasteiger charge is -2.13. The molecule has 0 radical (unpaired) electrons. The summed E-state index contributed by atoms with van der Waals surface area (Å²) in [5.41, 5.74) is 6.39. The van der Waals surface area contributed by atoms with Crippen LogP contribution < -0.4 is 10.6 Å². The maximum Gasteiger partial charge on any atom is 0.191 e. The first-order valence-corrected chi connectivity index (χ1v) is 8.69. The minimum Gasteiger partial charge on any atom is -0.380 e. The normalized spacial score (nSPS) is 11.4. The first-order chi connectivity index (χ1) is 12.1. The molecule has 0 aromatic heterocycles. The third-order valence-electron chi connectivity index (χ3n) is 4.01. The molecule has 0 saturated carbocycles. The molecule has 4 heteroatoms. The zero-order chi connectivity index (χ0) is 18.1. The second-order valence-corrected chi connectivity index (χ2v) is 6.35. The molecule has 0 bridgehead atoms. The molecule has 2 aromatic carbocycles. The molecule has 2 N–H and O–H groups in total. The molecule has 134 valence electrons. The van der Waals surface area contributed by atoms with Crippen LogP contribution in [-0.2, 0) is 24.3 Å². The summed E-state index contributed by atoms with van der Waals surface area (Å²) in [6, 6.07) is 15.1. The van der Waals surface area contributed by atoms with E-state index in [9.17, 15) is 0 Å². The van der Waals surface area contributed by atoms with Gasteiger partial charge in [0.15, 0.2) is 5.96 Å². The first kappa shape index (κ1) is 19.0. The van der Waals surface area contributed by atoms with Crippen LogP contribution in [0.15, 0.2) is 47.5 Å². The van der Waals surface area contributed by atoms with Crippen molar-refractivity contribution in [1.82, 2.24) is 10.6 Å². The Labute approximate surface area is 151 Å². The van der Waals surface area contributed by atoms with Crippen molar-refractivity contribution in [1.29, 1.82) is 0 Å². The number of hydrogen-bond acceptors (Lipinski definition) is 2. The first-order valence-electron chi connectivity index (χ1n) is 8.69. The van der Waals surface area contributed by atoms with E-state index in [0.29, 0.717) is 6.61 Å². The van der Waals surface area contributed by atoms with E-state index >= 15 is 0 Å². The summed E-state index contributed by atoms with van der Waals surface area (Å²) >= 11 is 0. The Kier molecular flexibility index (Phi) is 7.48. The summed E-state index contributed by atoms with van der Waals surface area (Å²) in [4.78, 5) is 4.29. The molecule has 0 heterocycles. The smallest absolute Gasteiger partial charge is 0.191 e. The predicted octanol–water partition coefficient (Wildman–Crippen LogP) is 3.36.